The largest absolute Gasteiger partial charge is 0.497 e. The predicted octanol–water partition coefficient (Wildman–Crippen LogP) is 3.39. The molecule has 0 heterocycles. The monoisotopic (exact) mass is 254 g/mol. The topological polar surface area (TPSA) is 27.7 Å². The lowest BCUT2D eigenvalue weighted by molar-refractivity contribution is 0.0219. The molecule has 4 heteroatoms. The van der Waals surface area contributed by atoms with Gasteiger partial charge >= 0.3 is 0 Å². The van der Waals surface area contributed by atoms with Crippen LogP contribution in [0, 0.1) is 0 Å². The van der Waals surface area contributed by atoms with Gasteiger partial charge in [-0.15, -0.1) is 0 Å². The maximum atomic E-state index is 5.48. The lowest BCUT2D eigenvalue weighted by Gasteiger charge is -2.15. The summed E-state index contributed by atoms with van der Waals surface area (Å²) in [4.78, 5) is 0. The molecule has 0 aliphatic rings. The van der Waals surface area contributed by atoms with Crippen LogP contribution in [-0.2, 0) is 4.74 Å². The van der Waals surface area contributed by atoms with Crippen LogP contribution in [0.2, 0.25) is 25.7 Å². The van der Waals surface area contributed by atoms with Gasteiger partial charge in [-0.05, 0) is 18.2 Å². The van der Waals surface area contributed by atoms with Gasteiger partial charge in [-0.2, -0.15) is 0 Å². The van der Waals surface area contributed by atoms with Crippen molar-refractivity contribution in [2.24, 2.45) is 0 Å². The van der Waals surface area contributed by atoms with Crippen molar-refractivity contribution in [2.75, 3.05) is 20.5 Å². The van der Waals surface area contributed by atoms with Crippen LogP contribution in [0.25, 0.3) is 0 Å². The first-order chi connectivity index (χ1) is 8.01. The molecule has 96 valence electrons. The fourth-order valence-electron chi connectivity index (χ4n) is 1.24. The minimum Gasteiger partial charge on any atom is -0.497 e. The first kappa shape index (κ1) is 14.1. The molecule has 0 bridgehead atoms. The van der Waals surface area contributed by atoms with Gasteiger partial charge in [-0.1, -0.05) is 25.7 Å². The minimum atomic E-state index is -1.00. The van der Waals surface area contributed by atoms with E-state index >= 15 is 0 Å². The van der Waals surface area contributed by atoms with Crippen LogP contribution in [-0.4, -0.2) is 28.6 Å². The lowest BCUT2D eigenvalue weighted by atomic mass is 10.3. The Morgan fingerprint density at radius 1 is 1.12 bits per heavy atom. The van der Waals surface area contributed by atoms with Gasteiger partial charge in [0.15, 0.2) is 6.79 Å². The molecule has 1 aromatic carbocycles. The standard InChI is InChI=1S/C13H22O3Si/c1-14-12-6-5-7-13(10-12)16-11-15-8-9-17(2,3)4/h5-7,10H,8-9,11H2,1-4H3. The number of benzene rings is 1. The third-order valence-electron chi connectivity index (χ3n) is 2.35. The van der Waals surface area contributed by atoms with Gasteiger partial charge in [0, 0.05) is 20.7 Å². The molecule has 0 fully saturated rings. The Morgan fingerprint density at radius 3 is 2.47 bits per heavy atom. The normalized spacial score (nSPS) is 11.3. The molecule has 0 saturated heterocycles. The summed E-state index contributed by atoms with van der Waals surface area (Å²) in [6.07, 6.45) is 0. The minimum absolute atomic E-state index is 0.303. The third kappa shape index (κ3) is 6.34. The smallest absolute Gasteiger partial charge is 0.189 e. The van der Waals surface area contributed by atoms with Gasteiger partial charge in [-0.3, -0.25) is 0 Å². The van der Waals surface area contributed by atoms with E-state index in [-0.39, 0.29) is 0 Å². The van der Waals surface area contributed by atoms with Crippen molar-refractivity contribution in [3.63, 3.8) is 0 Å². The van der Waals surface area contributed by atoms with Crippen LogP contribution in [0.1, 0.15) is 0 Å². The molecule has 0 N–H and O–H groups in total. The highest BCUT2D eigenvalue weighted by Gasteiger charge is 2.11. The Labute approximate surface area is 105 Å². The zero-order valence-electron chi connectivity index (χ0n) is 11.2. The first-order valence-electron chi connectivity index (χ1n) is 5.86. The van der Waals surface area contributed by atoms with Crippen LogP contribution < -0.4 is 9.47 Å². The summed E-state index contributed by atoms with van der Waals surface area (Å²) in [5.74, 6) is 1.57. The highest BCUT2D eigenvalue weighted by Crippen LogP contribution is 2.18. The van der Waals surface area contributed by atoms with Crippen LogP contribution >= 0.6 is 0 Å². The number of methoxy groups -OCH3 is 1. The molecule has 0 amide bonds. The Hall–Kier alpha value is -1.00. The second kappa shape index (κ2) is 6.66. The molecule has 1 aromatic rings. The number of hydrogen-bond acceptors (Lipinski definition) is 3. The average Bonchev–Trinajstić information content (AvgIpc) is 2.27. The zero-order valence-corrected chi connectivity index (χ0v) is 12.2. The van der Waals surface area contributed by atoms with Crippen molar-refractivity contribution >= 4 is 8.07 Å². The highest BCUT2D eigenvalue weighted by molar-refractivity contribution is 6.76. The fraction of sp³-hybridized carbons (Fsp3) is 0.538. The third-order valence-corrected chi connectivity index (χ3v) is 4.05. The second-order valence-corrected chi connectivity index (χ2v) is 10.8. The van der Waals surface area contributed by atoms with Crippen LogP contribution in [0.15, 0.2) is 24.3 Å². The number of rotatable bonds is 7. The second-order valence-electron chi connectivity index (χ2n) is 5.16. The molecular formula is C13H22O3Si. The average molecular weight is 254 g/mol. The number of hydrogen-bond donors (Lipinski definition) is 0. The molecule has 0 radical (unpaired) electrons. The molecule has 0 aliphatic carbocycles. The quantitative estimate of drug-likeness (QED) is 0.424. The number of ether oxygens (including phenoxy) is 3. The van der Waals surface area contributed by atoms with Gasteiger partial charge in [0.2, 0.25) is 0 Å². The zero-order chi connectivity index (χ0) is 12.7. The Bertz CT molecular complexity index is 334. The molecular weight excluding hydrogens is 232 g/mol. The summed E-state index contributed by atoms with van der Waals surface area (Å²) in [5, 5.41) is 0. The Morgan fingerprint density at radius 2 is 1.82 bits per heavy atom. The van der Waals surface area contributed by atoms with E-state index in [1.54, 1.807) is 7.11 Å². The van der Waals surface area contributed by atoms with E-state index in [9.17, 15) is 0 Å². The lowest BCUT2D eigenvalue weighted by Crippen LogP contribution is -2.22. The van der Waals surface area contributed by atoms with E-state index in [2.05, 4.69) is 19.6 Å². The Kier molecular flexibility index (Phi) is 5.51. The van der Waals surface area contributed by atoms with E-state index in [0.29, 0.717) is 6.79 Å². The molecule has 0 atom stereocenters. The summed E-state index contributed by atoms with van der Waals surface area (Å²) in [6.45, 7) is 8.08. The maximum absolute atomic E-state index is 5.48. The summed E-state index contributed by atoms with van der Waals surface area (Å²) in [5.41, 5.74) is 0. The van der Waals surface area contributed by atoms with Gasteiger partial charge in [-0.25, -0.2) is 0 Å². The van der Waals surface area contributed by atoms with E-state index in [0.717, 1.165) is 24.2 Å². The SMILES string of the molecule is COc1cccc(OCOCC[Si](C)(C)C)c1. The summed E-state index contributed by atoms with van der Waals surface area (Å²) in [7, 11) is 0.641. The van der Waals surface area contributed by atoms with Gasteiger partial charge < -0.3 is 14.2 Å². The summed E-state index contributed by atoms with van der Waals surface area (Å²) < 4.78 is 16.0. The first-order valence-corrected chi connectivity index (χ1v) is 9.56. The van der Waals surface area contributed by atoms with E-state index in [1.165, 1.54) is 0 Å². The van der Waals surface area contributed by atoms with E-state index in [4.69, 9.17) is 14.2 Å². The molecule has 0 saturated carbocycles. The van der Waals surface area contributed by atoms with Gasteiger partial charge in [0.05, 0.1) is 7.11 Å². The van der Waals surface area contributed by atoms with E-state index in [1.807, 2.05) is 24.3 Å². The van der Waals surface area contributed by atoms with Crippen LogP contribution in [0.5, 0.6) is 11.5 Å². The van der Waals surface area contributed by atoms with Crippen molar-refractivity contribution in [2.45, 2.75) is 25.7 Å². The van der Waals surface area contributed by atoms with Crippen molar-refractivity contribution in [3.8, 4) is 11.5 Å². The molecule has 3 nitrogen and oxygen atoms in total. The van der Waals surface area contributed by atoms with Gasteiger partial charge in [0.25, 0.3) is 0 Å². The van der Waals surface area contributed by atoms with Crippen LogP contribution in [0.3, 0.4) is 0 Å². The molecule has 17 heavy (non-hydrogen) atoms. The van der Waals surface area contributed by atoms with Crippen LogP contribution in [0.4, 0.5) is 0 Å². The van der Waals surface area contributed by atoms with E-state index < -0.39 is 8.07 Å². The molecule has 1 rings (SSSR count). The highest BCUT2D eigenvalue weighted by atomic mass is 28.3. The fourth-order valence-corrected chi connectivity index (χ4v) is 1.99. The van der Waals surface area contributed by atoms with Crippen molar-refractivity contribution in [3.05, 3.63) is 24.3 Å². The molecule has 0 aromatic heterocycles. The molecule has 0 spiro atoms. The summed E-state index contributed by atoms with van der Waals surface area (Å²) in [6, 6.07) is 8.69. The van der Waals surface area contributed by atoms with Gasteiger partial charge in [0.1, 0.15) is 11.5 Å². The van der Waals surface area contributed by atoms with Crippen molar-refractivity contribution < 1.29 is 14.2 Å². The molecule has 0 aliphatic heterocycles. The summed E-state index contributed by atoms with van der Waals surface area (Å²) >= 11 is 0. The molecule has 0 unspecified atom stereocenters. The van der Waals surface area contributed by atoms with Crippen molar-refractivity contribution in [1.29, 1.82) is 0 Å². The maximum Gasteiger partial charge on any atom is 0.189 e. The Balaban J connectivity index is 2.22. The van der Waals surface area contributed by atoms with Crippen molar-refractivity contribution in [1.82, 2.24) is 0 Å². The predicted molar refractivity (Wildman–Crippen MR) is 72.6 cm³/mol.